The number of anilines is 1. The molecular weight excluding hydrogens is 419 g/mol. The van der Waals surface area contributed by atoms with Crippen molar-refractivity contribution in [3.63, 3.8) is 0 Å². The summed E-state index contributed by atoms with van der Waals surface area (Å²) < 4.78 is 68.7. The molecule has 5 nitrogen and oxygen atoms in total. The van der Waals surface area contributed by atoms with Crippen LogP contribution in [-0.2, 0) is 37.8 Å². The van der Waals surface area contributed by atoms with Crippen molar-refractivity contribution in [2.45, 2.75) is 39.0 Å². The van der Waals surface area contributed by atoms with Crippen molar-refractivity contribution in [2.24, 2.45) is 0 Å². The zero-order chi connectivity index (χ0) is 22.7. The molecule has 2 rings (SSSR count). The summed E-state index contributed by atoms with van der Waals surface area (Å²) in [5.74, 6) is -0.877. The van der Waals surface area contributed by atoms with Crippen molar-refractivity contribution < 1.29 is 31.1 Å². The normalized spacial score (nSPS) is 12.5. The van der Waals surface area contributed by atoms with Gasteiger partial charge in [-0.2, -0.15) is 13.2 Å². The van der Waals surface area contributed by atoms with E-state index in [0.717, 1.165) is 24.0 Å². The third kappa shape index (κ3) is 6.48. The maximum atomic E-state index is 12.9. The first kappa shape index (κ1) is 23.7. The smallest absolute Gasteiger partial charge is 0.416 e. The van der Waals surface area contributed by atoms with Crippen LogP contribution in [-0.4, -0.2) is 27.2 Å². The molecule has 9 heteroatoms. The average Bonchev–Trinajstić information content (AvgIpc) is 2.62. The van der Waals surface area contributed by atoms with E-state index in [4.69, 9.17) is 4.74 Å². The standard InChI is InChI=1S/C21H24F3NO4S/c1-20(2,3)16-10-8-15(9-11-16)14-29-19(26)13-25(30(4,27)28)18-7-5-6-17(12-18)21(22,23)24/h5-12H,13-14H2,1-4H3. The molecule has 2 aromatic rings. The zero-order valence-electron chi connectivity index (χ0n) is 17.2. The molecule has 0 unspecified atom stereocenters. The minimum absolute atomic E-state index is 0.0316. The van der Waals surface area contributed by atoms with Crippen LogP contribution < -0.4 is 4.31 Å². The van der Waals surface area contributed by atoms with Crippen LogP contribution in [0, 0.1) is 0 Å². The van der Waals surface area contributed by atoms with Crippen LogP contribution >= 0.6 is 0 Å². The van der Waals surface area contributed by atoms with Crippen LogP contribution in [0.3, 0.4) is 0 Å². The fourth-order valence-corrected chi connectivity index (χ4v) is 3.50. The lowest BCUT2D eigenvalue weighted by Gasteiger charge is -2.22. The van der Waals surface area contributed by atoms with Gasteiger partial charge in [0.1, 0.15) is 13.2 Å². The molecule has 0 bridgehead atoms. The van der Waals surface area contributed by atoms with E-state index >= 15 is 0 Å². The molecule has 0 amide bonds. The van der Waals surface area contributed by atoms with E-state index in [1.807, 2.05) is 12.1 Å². The maximum absolute atomic E-state index is 12.9. The molecule has 2 aromatic carbocycles. The molecule has 0 radical (unpaired) electrons. The number of benzene rings is 2. The molecule has 0 aliphatic carbocycles. The van der Waals surface area contributed by atoms with E-state index in [0.29, 0.717) is 15.9 Å². The quantitative estimate of drug-likeness (QED) is 0.616. The molecule has 0 spiro atoms. The second-order valence-electron chi connectivity index (χ2n) is 7.93. The summed E-state index contributed by atoms with van der Waals surface area (Å²) >= 11 is 0. The summed E-state index contributed by atoms with van der Waals surface area (Å²) in [4.78, 5) is 12.2. The molecule has 164 valence electrons. The molecule has 0 heterocycles. The van der Waals surface area contributed by atoms with Crippen LogP contribution in [0.4, 0.5) is 18.9 Å². The van der Waals surface area contributed by atoms with Crippen molar-refractivity contribution in [3.8, 4) is 0 Å². The van der Waals surface area contributed by atoms with Crippen molar-refractivity contribution in [1.29, 1.82) is 0 Å². The monoisotopic (exact) mass is 443 g/mol. The van der Waals surface area contributed by atoms with Gasteiger partial charge in [0.15, 0.2) is 0 Å². The lowest BCUT2D eigenvalue weighted by atomic mass is 9.87. The average molecular weight is 443 g/mol. The van der Waals surface area contributed by atoms with Gasteiger partial charge < -0.3 is 4.74 Å². The van der Waals surface area contributed by atoms with Gasteiger partial charge in [0, 0.05) is 0 Å². The highest BCUT2D eigenvalue weighted by atomic mass is 32.2. The zero-order valence-corrected chi connectivity index (χ0v) is 18.0. The predicted molar refractivity (Wildman–Crippen MR) is 109 cm³/mol. The molecule has 0 saturated carbocycles. The van der Waals surface area contributed by atoms with Gasteiger partial charge in [-0.15, -0.1) is 0 Å². The number of sulfonamides is 1. The van der Waals surface area contributed by atoms with Crippen molar-refractivity contribution in [2.75, 3.05) is 17.1 Å². The van der Waals surface area contributed by atoms with Gasteiger partial charge in [-0.05, 0) is 34.7 Å². The third-order valence-electron chi connectivity index (χ3n) is 4.35. The van der Waals surface area contributed by atoms with Crippen molar-refractivity contribution in [3.05, 3.63) is 65.2 Å². The van der Waals surface area contributed by atoms with Gasteiger partial charge >= 0.3 is 12.1 Å². The predicted octanol–water partition coefficient (Wildman–Crippen LogP) is 4.51. The molecule has 0 N–H and O–H groups in total. The van der Waals surface area contributed by atoms with Crippen LogP contribution in [0.25, 0.3) is 0 Å². The Labute approximate surface area is 174 Å². The Kier molecular flexibility index (Phi) is 6.86. The minimum atomic E-state index is -4.64. The Morgan fingerprint density at radius 1 is 1.00 bits per heavy atom. The Morgan fingerprint density at radius 2 is 1.60 bits per heavy atom. The maximum Gasteiger partial charge on any atom is 0.416 e. The second kappa shape index (κ2) is 8.67. The molecule has 0 fully saturated rings. The number of hydrogen-bond donors (Lipinski definition) is 0. The summed E-state index contributed by atoms with van der Waals surface area (Å²) in [5.41, 5.74) is 0.502. The Bertz CT molecular complexity index is 994. The topological polar surface area (TPSA) is 63.7 Å². The highest BCUT2D eigenvalue weighted by Gasteiger charge is 2.32. The molecule has 0 aliphatic heterocycles. The van der Waals surface area contributed by atoms with E-state index in [1.54, 1.807) is 12.1 Å². The van der Waals surface area contributed by atoms with Crippen molar-refractivity contribution in [1.82, 2.24) is 0 Å². The number of halogens is 3. The van der Waals surface area contributed by atoms with E-state index < -0.39 is 34.3 Å². The fraction of sp³-hybridized carbons (Fsp3) is 0.381. The summed E-state index contributed by atoms with van der Waals surface area (Å²) in [6, 6.07) is 11.2. The third-order valence-corrected chi connectivity index (χ3v) is 5.49. The summed E-state index contributed by atoms with van der Waals surface area (Å²) in [6.45, 7) is 5.38. The summed E-state index contributed by atoms with van der Waals surface area (Å²) in [7, 11) is -4.02. The van der Waals surface area contributed by atoms with Gasteiger partial charge in [-0.1, -0.05) is 51.1 Å². The van der Waals surface area contributed by atoms with Crippen molar-refractivity contribution >= 4 is 21.7 Å². The number of esters is 1. The van der Waals surface area contributed by atoms with Crippen LogP contribution in [0.15, 0.2) is 48.5 Å². The number of rotatable bonds is 6. The SMILES string of the molecule is CC(C)(C)c1ccc(COC(=O)CN(c2cccc(C(F)(F)F)c2)S(C)(=O)=O)cc1. The molecule has 0 atom stereocenters. The number of hydrogen-bond acceptors (Lipinski definition) is 4. The Balaban J connectivity index is 2.12. The highest BCUT2D eigenvalue weighted by molar-refractivity contribution is 7.92. The van der Waals surface area contributed by atoms with Gasteiger partial charge in [-0.3, -0.25) is 9.10 Å². The first-order valence-corrected chi connectivity index (χ1v) is 10.9. The Morgan fingerprint density at radius 3 is 2.10 bits per heavy atom. The largest absolute Gasteiger partial charge is 0.459 e. The second-order valence-corrected chi connectivity index (χ2v) is 9.83. The lowest BCUT2D eigenvalue weighted by Crippen LogP contribution is -2.35. The molecule has 30 heavy (non-hydrogen) atoms. The van der Waals surface area contributed by atoms with Gasteiger partial charge in [0.25, 0.3) is 0 Å². The van der Waals surface area contributed by atoms with E-state index in [-0.39, 0.29) is 17.7 Å². The van der Waals surface area contributed by atoms with Gasteiger partial charge in [0.05, 0.1) is 17.5 Å². The summed E-state index contributed by atoms with van der Waals surface area (Å²) in [5, 5.41) is 0. The highest BCUT2D eigenvalue weighted by Crippen LogP contribution is 2.32. The fourth-order valence-electron chi connectivity index (χ4n) is 2.67. The molecular formula is C21H24F3NO4S. The van der Waals surface area contributed by atoms with E-state index in [9.17, 15) is 26.4 Å². The molecule has 0 saturated heterocycles. The number of alkyl halides is 3. The molecule has 0 aromatic heterocycles. The van der Waals surface area contributed by atoms with Crippen LogP contribution in [0.5, 0.6) is 0 Å². The molecule has 0 aliphatic rings. The van der Waals surface area contributed by atoms with Crippen LogP contribution in [0.1, 0.15) is 37.5 Å². The first-order valence-electron chi connectivity index (χ1n) is 9.08. The summed E-state index contributed by atoms with van der Waals surface area (Å²) in [6.07, 6.45) is -3.83. The number of nitrogens with zero attached hydrogens (tertiary/aromatic N) is 1. The first-order chi connectivity index (χ1) is 13.7. The van der Waals surface area contributed by atoms with Gasteiger partial charge in [0.2, 0.25) is 10.0 Å². The number of ether oxygens (including phenoxy) is 1. The number of carbonyl (C=O) groups is 1. The van der Waals surface area contributed by atoms with E-state index in [1.165, 1.54) is 6.07 Å². The Hall–Kier alpha value is -2.55. The van der Waals surface area contributed by atoms with Crippen LogP contribution in [0.2, 0.25) is 0 Å². The van der Waals surface area contributed by atoms with E-state index in [2.05, 4.69) is 20.8 Å². The van der Waals surface area contributed by atoms with Gasteiger partial charge in [-0.25, -0.2) is 8.42 Å². The lowest BCUT2D eigenvalue weighted by molar-refractivity contribution is -0.143. The minimum Gasteiger partial charge on any atom is -0.459 e. The number of carbonyl (C=O) groups excluding carboxylic acids is 1.